The summed E-state index contributed by atoms with van der Waals surface area (Å²) in [6, 6.07) is 5.21. The number of likely N-dealkylation sites (tertiary alicyclic amines) is 1. The van der Waals surface area contributed by atoms with E-state index in [0.29, 0.717) is 22.3 Å². The van der Waals surface area contributed by atoms with Crippen molar-refractivity contribution in [2.45, 2.75) is 37.3 Å². The van der Waals surface area contributed by atoms with Gasteiger partial charge in [-0.2, -0.15) is 0 Å². The van der Waals surface area contributed by atoms with Gasteiger partial charge in [0.05, 0.1) is 22.1 Å². The smallest absolute Gasteiger partial charge is 0.242 e. The van der Waals surface area contributed by atoms with Crippen molar-refractivity contribution in [2.75, 3.05) is 13.1 Å². The van der Waals surface area contributed by atoms with E-state index in [4.69, 9.17) is 33.7 Å². The summed E-state index contributed by atoms with van der Waals surface area (Å²) in [7, 11) is 0. The minimum Gasteiger partial charge on any atom is -0.489 e. The molecule has 2 fully saturated rings. The zero-order valence-electron chi connectivity index (χ0n) is 11.6. The summed E-state index contributed by atoms with van der Waals surface area (Å²) >= 11 is 11.9. The average molecular weight is 329 g/mol. The maximum atomic E-state index is 12.3. The lowest BCUT2D eigenvalue weighted by molar-refractivity contribution is -0.136. The first kappa shape index (κ1) is 14.9. The molecular weight excluding hydrogens is 311 g/mol. The molecule has 4 nitrogen and oxygen atoms in total. The van der Waals surface area contributed by atoms with Crippen molar-refractivity contribution in [1.29, 1.82) is 0 Å². The third-order valence-electron chi connectivity index (χ3n) is 4.07. The Bertz CT molecular complexity index is 561. The molecule has 21 heavy (non-hydrogen) atoms. The summed E-state index contributed by atoms with van der Waals surface area (Å²) in [5.41, 5.74) is 5.39. The number of amides is 1. The second kappa shape index (κ2) is 5.67. The van der Waals surface area contributed by atoms with Gasteiger partial charge in [0.25, 0.3) is 0 Å². The fourth-order valence-corrected chi connectivity index (χ4v) is 2.91. The van der Waals surface area contributed by atoms with Crippen molar-refractivity contribution in [2.24, 2.45) is 5.73 Å². The van der Waals surface area contributed by atoms with Crippen LogP contribution >= 0.6 is 23.2 Å². The molecule has 1 aromatic carbocycles. The van der Waals surface area contributed by atoms with E-state index in [-0.39, 0.29) is 12.0 Å². The highest BCUT2D eigenvalue weighted by Crippen LogP contribution is 2.35. The van der Waals surface area contributed by atoms with Crippen LogP contribution < -0.4 is 10.5 Å². The predicted octanol–water partition coefficient (Wildman–Crippen LogP) is 2.85. The number of nitrogens with two attached hydrogens (primary N) is 1. The molecule has 1 saturated heterocycles. The molecule has 1 amide bonds. The molecule has 1 aliphatic heterocycles. The van der Waals surface area contributed by atoms with Crippen LogP contribution in [0, 0.1) is 0 Å². The minimum absolute atomic E-state index is 0.0257. The van der Waals surface area contributed by atoms with Crippen molar-refractivity contribution in [3.05, 3.63) is 28.2 Å². The number of nitrogens with zero attached hydrogens (tertiary/aromatic N) is 1. The van der Waals surface area contributed by atoms with Crippen molar-refractivity contribution in [3.63, 3.8) is 0 Å². The largest absolute Gasteiger partial charge is 0.489 e. The summed E-state index contributed by atoms with van der Waals surface area (Å²) < 4.78 is 5.93. The third-order valence-corrected chi connectivity index (χ3v) is 4.81. The average Bonchev–Trinajstić information content (AvgIpc) is 3.22. The molecule has 0 radical (unpaired) electrons. The second-order valence-corrected chi connectivity index (χ2v) is 6.68. The maximum Gasteiger partial charge on any atom is 0.242 e. The highest BCUT2D eigenvalue weighted by Gasteiger charge is 2.48. The van der Waals surface area contributed by atoms with Crippen LogP contribution in [-0.4, -0.2) is 35.5 Å². The molecule has 0 aromatic heterocycles. The van der Waals surface area contributed by atoms with Gasteiger partial charge in [-0.1, -0.05) is 23.2 Å². The fraction of sp³-hybridized carbons (Fsp3) is 0.533. The topological polar surface area (TPSA) is 55.6 Å². The molecule has 1 heterocycles. The molecule has 1 aliphatic carbocycles. The van der Waals surface area contributed by atoms with Crippen LogP contribution in [0.2, 0.25) is 10.0 Å². The molecule has 1 saturated carbocycles. The monoisotopic (exact) mass is 328 g/mol. The van der Waals surface area contributed by atoms with E-state index in [1.807, 2.05) is 4.90 Å². The Hall–Kier alpha value is -0.970. The van der Waals surface area contributed by atoms with Gasteiger partial charge in [0.1, 0.15) is 11.9 Å². The van der Waals surface area contributed by atoms with Gasteiger partial charge in [-0.05, 0) is 37.8 Å². The lowest BCUT2D eigenvalue weighted by Crippen LogP contribution is -2.51. The van der Waals surface area contributed by atoms with E-state index in [0.717, 1.165) is 32.2 Å². The van der Waals surface area contributed by atoms with Gasteiger partial charge in [0.15, 0.2) is 0 Å². The number of hydrogen-bond acceptors (Lipinski definition) is 3. The molecule has 1 unspecified atom stereocenters. The molecule has 3 rings (SSSR count). The zero-order valence-corrected chi connectivity index (χ0v) is 13.2. The molecule has 2 N–H and O–H groups in total. The normalized spacial score (nSPS) is 23.8. The first-order valence-electron chi connectivity index (χ1n) is 7.18. The van der Waals surface area contributed by atoms with E-state index in [9.17, 15) is 4.79 Å². The number of carbonyl (C=O) groups excluding carboxylic acids is 1. The van der Waals surface area contributed by atoms with E-state index in [2.05, 4.69) is 0 Å². The Morgan fingerprint density at radius 1 is 1.33 bits per heavy atom. The maximum absolute atomic E-state index is 12.3. The Balaban J connectivity index is 1.63. The summed E-state index contributed by atoms with van der Waals surface area (Å²) in [6.07, 6.45) is 3.40. The van der Waals surface area contributed by atoms with E-state index in [1.54, 1.807) is 18.2 Å². The molecule has 2 aliphatic rings. The van der Waals surface area contributed by atoms with Gasteiger partial charge in [0, 0.05) is 12.6 Å². The van der Waals surface area contributed by atoms with Crippen LogP contribution in [0.25, 0.3) is 0 Å². The number of hydrogen-bond donors (Lipinski definition) is 1. The summed E-state index contributed by atoms with van der Waals surface area (Å²) in [5.74, 6) is 0.738. The highest BCUT2D eigenvalue weighted by molar-refractivity contribution is 6.42. The van der Waals surface area contributed by atoms with Crippen LogP contribution in [0.1, 0.15) is 25.7 Å². The Labute approximate surface area is 134 Å². The SMILES string of the molecule is NC1(C(=O)N2CCCC(Oc3ccc(Cl)c(Cl)c3)C2)CC1. The molecular formula is C15H18Cl2N2O2. The zero-order chi connectivity index (χ0) is 15.0. The molecule has 6 heteroatoms. The molecule has 0 spiro atoms. The van der Waals surface area contributed by atoms with Crippen molar-refractivity contribution >= 4 is 29.1 Å². The number of rotatable bonds is 3. The lowest BCUT2D eigenvalue weighted by atomic mass is 10.1. The second-order valence-electron chi connectivity index (χ2n) is 5.87. The summed E-state index contributed by atoms with van der Waals surface area (Å²) in [4.78, 5) is 14.1. The van der Waals surface area contributed by atoms with Gasteiger partial charge < -0.3 is 15.4 Å². The molecule has 1 aromatic rings. The minimum atomic E-state index is -0.606. The van der Waals surface area contributed by atoms with Crippen LogP contribution in [0.15, 0.2) is 18.2 Å². The summed E-state index contributed by atoms with van der Waals surface area (Å²) in [5, 5.41) is 0.972. The van der Waals surface area contributed by atoms with Gasteiger partial charge in [0.2, 0.25) is 5.91 Å². The predicted molar refractivity (Wildman–Crippen MR) is 82.8 cm³/mol. The van der Waals surface area contributed by atoms with E-state index >= 15 is 0 Å². The quantitative estimate of drug-likeness (QED) is 0.928. The number of piperidine rings is 1. The van der Waals surface area contributed by atoms with Gasteiger partial charge in [-0.25, -0.2) is 0 Å². The Morgan fingerprint density at radius 3 is 2.76 bits per heavy atom. The number of carbonyl (C=O) groups is 1. The van der Waals surface area contributed by atoms with Gasteiger partial charge >= 0.3 is 0 Å². The fourth-order valence-electron chi connectivity index (χ4n) is 2.62. The van der Waals surface area contributed by atoms with Crippen molar-refractivity contribution in [1.82, 2.24) is 4.90 Å². The standard InChI is InChI=1S/C15H18Cl2N2O2/c16-12-4-3-10(8-13(12)17)21-11-2-1-7-19(9-11)14(20)15(18)5-6-15/h3-4,8,11H,1-2,5-7,9,18H2. The number of ether oxygens (including phenoxy) is 1. The summed E-state index contributed by atoms with van der Waals surface area (Å²) in [6.45, 7) is 1.34. The van der Waals surface area contributed by atoms with Crippen LogP contribution in [-0.2, 0) is 4.79 Å². The van der Waals surface area contributed by atoms with Crippen molar-refractivity contribution in [3.8, 4) is 5.75 Å². The van der Waals surface area contributed by atoms with Crippen LogP contribution in [0.4, 0.5) is 0 Å². The van der Waals surface area contributed by atoms with E-state index < -0.39 is 5.54 Å². The van der Waals surface area contributed by atoms with Gasteiger partial charge in [-0.3, -0.25) is 4.79 Å². The number of benzene rings is 1. The first-order chi connectivity index (χ1) is 9.98. The molecule has 114 valence electrons. The molecule has 1 atom stereocenters. The first-order valence-corrected chi connectivity index (χ1v) is 7.93. The number of halogens is 2. The highest BCUT2D eigenvalue weighted by atomic mass is 35.5. The Kier molecular flexibility index (Phi) is 4.04. The lowest BCUT2D eigenvalue weighted by Gasteiger charge is -2.34. The van der Waals surface area contributed by atoms with Crippen LogP contribution in [0.5, 0.6) is 5.75 Å². The van der Waals surface area contributed by atoms with Crippen molar-refractivity contribution < 1.29 is 9.53 Å². The van der Waals surface area contributed by atoms with E-state index in [1.165, 1.54) is 0 Å². The van der Waals surface area contributed by atoms with Gasteiger partial charge in [-0.15, -0.1) is 0 Å². The molecule has 0 bridgehead atoms. The third kappa shape index (κ3) is 3.28. The Morgan fingerprint density at radius 2 is 2.10 bits per heavy atom. The van der Waals surface area contributed by atoms with Crippen LogP contribution in [0.3, 0.4) is 0 Å².